The number of carbonyl (C=O) groups excluding carboxylic acids is 1. The van der Waals surface area contributed by atoms with Crippen LogP contribution in [-0.2, 0) is 9.53 Å². The fourth-order valence-electron chi connectivity index (χ4n) is 3.61. The Kier molecular flexibility index (Phi) is 5.58. The SMILES string of the molecule is CCCCC(C(=O)OC)N1c2cc(OC)ccc2C(C)=CC1(C)C. The molecule has 24 heavy (non-hydrogen) atoms. The van der Waals surface area contributed by atoms with Crippen LogP contribution in [0.5, 0.6) is 5.75 Å². The predicted octanol–water partition coefficient (Wildman–Crippen LogP) is 4.43. The van der Waals surface area contributed by atoms with E-state index < -0.39 is 0 Å². The summed E-state index contributed by atoms with van der Waals surface area (Å²) in [6.45, 7) is 8.53. The maximum atomic E-state index is 12.5. The van der Waals surface area contributed by atoms with Gasteiger partial charge in [-0.1, -0.05) is 25.8 Å². The van der Waals surface area contributed by atoms with Gasteiger partial charge in [-0.25, -0.2) is 4.79 Å². The van der Waals surface area contributed by atoms with E-state index in [9.17, 15) is 4.79 Å². The molecule has 0 amide bonds. The van der Waals surface area contributed by atoms with Gasteiger partial charge in [-0.15, -0.1) is 0 Å². The van der Waals surface area contributed by atoms with Gasteiger partial charge >= 0.3 is 5.97 Å². The number of ether oxygens (including phenoxy) is 2. The van der Waals surface area contributed by atoms with Gasteiger partial charge in [0.1, 0.15) is 11.8 Å². The van der Waals surface area contributed by atoms with Crippen molar-refractivity contribution in [3.8, 4) is 5.75 Å². The summed E-state index contributed by atoms with van der Waals surface area (Å²) in [7, 11) is 3.13. The third-order valence-electron chi connectivity index (χ3n) is 4.70. The number of anilines is 1. The monoisotopic (exact) mass is 331 g/mol. The van der Waals surface area contributed by atoms with Crippen LogP contribution in [0, 0.1) is 0 Å². The molecule has 2 rings (SSSR count). The highest BCUT2D eigenvalue weighted by atomic mass is 16.5. The maximum Gasteiger partial charge on any atom is 0.328 e. The van der Waals surface area contributed by atoms with E-state index in [4.69, 9.17) is 9.47 Å². The van der Waals surface area contributed by atoms with Crippen LogP contribution >= 0.6 is 0 Å². The van der Waals surface area contributed by atoms with Crippen LogP contribution in [0.1, 0.15) is 52.5 Å². The Labute approximate surface area is 145 Å². The number of carbonyl (C=O) groups is 1. The summed E-state index contributed by atoms with van der Waals surface area (Å²) in [5, 5.41) is 0. The zero-order valence-electron chi connectivity index (χ0n) is 15.7. The molecule has 1 aliphatic heterocycles. The molecule has 132 valence electrons. The lowest BCUT2D eigenvalue weighted by molar-refractivity contribution is -0.142. The van der Waals surface area contributed by atoms with Crippen LogP contribution in [0.2, 0.25) is 0 Å². The summed E-state index contributed by atoms with van der Waals surface area (Å²) < 4.78 is 10.5. The molecule has 1 aromatic rings. The first kappa shape index (κ1) is 18.4. The molecule has 1 aliphatic rings. The Morgan fingerprint density at radius 2 is 2.00 bits per heavy atom. The second kappa shape index (κ2) is 7.29. The molecule has 4 nitrogen and oxygen atoms in total. The van der Waals surface area contributed by atoms with E-state index in [0.29, 0.717) is 0 Å². The van der Waals surface area contributed by atoms with Gasteiger partial charge in [-0.3, -0.25) is 0 Å². The smallest absolute Gasteiger partial charge is 0.328 e. The molecule has 0 saturated carbocycles. The molecule has 0 N–H and O–H groups in total. The van der Waals surface area contributed by atoms with E-state index in [1.54, 1.807) is 7.11 Å². The molecule has 1 atom stereocenters. The molecular formula is C20H29NO3. The van der Waals surface area contributed by atoms with Gasteiger partial charge in [0.15, 0.2) is 0 Å². The first-order valence-corrected chi connectivity index (χ1v) is 8.60. The summed E-state index contributed by atoms with van der Waals surface area (Å²) in [6, 6.07) is 5.75. The van der Waals surface area contributed by atoms with Gasteiger partial charge in [0.05, 0.1) is 19.8 Å². The first-order chi connectivity index (χ1) is 11.4. The van der Waals surface area contributed by atoms with Crippen molar-refractivity contribution in [2.24, 2.45) is 0 Å². The Morgan fingerprint density at radius 1 is 1.29 bits per heavy atom. The van der Waals surface area contributed by atoms with Gasteiger partial charge in [0, 0.05) is 17.3 Å². The lowest BCUT2D eigenvalue weighted by atomic mass is 9.86. The standard InChI is InChI=1S/C20H29NO3/c1-7-8-9-17(19(22)24-6)21-18-12-15(23-5)10-11-16(18)14(2)13-20(21,3)4/h10-13,17H,7-9H2,1-6H3. The van der Waals surface area contributed by atoms with Gasteiger partial charge in [-0.05, 0) is 44.9 Å². The van der Waals surface area contributed by atoms with E-state index in [1.807, 2.05) is 12.1 Å². The van der Waals surface area contributed by atoms with E-state index in [1.165, 1.54) is 12.7 Å². The summed E-state index contributed by atoms with van der Waals surface area (Å²) in [6.07, 6.45) is 5.02. The number of benzene rings is 1. The van der Waals surface area contributed by atoms with Crippen molar-refractivity contribution in [1.82, 2.24) is 0 Å². The van der Waals surface area contributed by atoms with Crippen LogP contribution < -0.4 is 9.64 Å². The number of allylic oxidation sites excluding steroid dienone is 1. The van der Waals surface area contributed by atoms with Crippen molar-refractivity contribution in [2.45, 2.75) is 58.5 Å². The number of hydrogen-bond acceptors (Lipinski definition) is 4. The normalized spacial score (nSPS) is 16.9. The van der Waals surface area contributed by atoms with Crippen molar-refractivity contribution in [3.05, 3.63) is 29.8 Å². The minimum absolute atomic E-state index is 0.182. The molecule has 1 heterocycles. The van der Waals surface area contributed by atoms with E-state index >= 15 is 0 Å². The maximum absolute atomic E-state index is 12.5. The lowest BCUT2D eigenvalue weighted by Gasteiger charge is -2.46. The zero-order valence-corrected chi connectivity index (χ0v) is 15.7. The number of hydrogen-bond donors (Lipinski definition) is 0. The summed E-state index contributed by atoms with van der Waals surface area (Å²) >= 11 is 0. The largest absolute Gasteiger partial charge is 0.497 e. The molecule has 0 fully saturated rings. The molecule has 0 aromatic heterocycles. The number of rotatable bonds is 6. The van der Waals surface area contributed by atoms with Crippen molar-refractivity contribution < 1.29 is 14.3 Å². The van der Waals surface area contributed by atoms with Gasteiger partial charge < -0.3 is 14.4 Å². The van der Waals surface area contributed by atoms with E-state index in [-0.39, 0.29) is 17.6 Å². The van der Waals surface area contributed by atoms with Gasteiger partial charge in [0.2, 0.25) is 0 Å². The molecule has 0 bridgehead atoms. The lowest BCUT2D eigenvalue weighted by Crippen LogP contribution is -2.54. The molecule has 1 aromatic carbocycles. The van der Waals surface area contributed by atoms with Gasteiger partial charge in [0.25, 0.3) is 0 Å². The first-order valence-electron chi connectivity index (χ1n) is 8.60. The predicted molar refractivity (Wildman–Crippen MR) is 98.5 cm³/mol. The fraction of sp³-hybridized carbons (Fsp3) is 0.550. The Hall–Kier alpha value is -1.97. The van der Waals surface area contributed by atoms with Gasteiger partial charge in [-0.2, -0.15) is 0 Å². The summed E-state index contributed by atoms with van der Waals surface area (Å²) in [5.41, 5.74) is 3.11. The van der Waals surface area contributed by atoms with Crippen LogP contribution in [0.4, 0.5) is 5.69 Å². The van der Waals surface area contributed by atoms with Crippen molar-refractivity contribution in [3.63, 3.8) is 0 Å². The van der Waals surface area contributed by atoms with Crippen LogP contribution in [0.15, 0.2) is 24.3 Å². The second-order valence-corrected chi connectivity index (χ2v) is 6.92. The van der Waals surface area contributed by atoms with Crippen molar-refractivity contribution in [2.75, 3.05) is 19.1 Å². The molecular weight excluding hydrogens is 302 g/mol. The summed E-state index contributed by atoms with van der Waals surface area (Å²) in [5.74, 6) is 0.613. The molecule has 1 unspecified atom stereocenters. The molecule has 0 aliphatic carbocycles. The van der Waals surface area contributed by atoms with Crippen LogP contribution in [0.3, 0.4) is 0 Å². The topological polar surface area (TPSA) is 38.8 Å². The number of unbranched alkanes of at least 4 members (excludes halogenated alkanes) is 1. The molecule has 0 saturated heterocycles. The minimum Gasteiger partial charge on any atom is -0.497 e. The highest BCUT2D eigenvalue weighted by Crippen LogP contribution is 2.42. The van der Waals surface area contributed by atoms with Crippen molar-refractivity contribution in [1.29, 1.82) is 0 Å². The highest BCUT2D eigenvalue weighted by Gasteiger charge is 2.39. The molecule has 0 spiro atoms. The third kappa shape index (κ3) is 3.42. The zero-order chi connectivity index (χ0) is 17.9. The Balaban J connectivity index is 2.58. The van der Waals surface area contributed by atoms with Crippen molar-refractivity contribution >= 4 is 17.2 Å². The number of fused-ring (bicyclic) bond motifs is 1. The molecule has 0 radical (unpaired) electrons. The number of methoxy groups -OCH3 is 2. The third-order valence-corrected chi connectivity index (χ3v) is 4.70. The minimum atomic E-state index is -0.305. The number of esters is 1. The van der Waals surface area contributed by atoms with E-state index in [0.717, 1.165) is 36.3 Å². The number of nitrogens with zero attached hydrogens (tertiary/aromatic N) is 1. The summed E-state index contributed by atoms with van der Waals surface area (Å²) in [4.78, 5) is 14.7. The average molecular weight is 331 g/mol. The van der Waals surface area contributed by atoms with Crippen LogP contribution in [-0.4, -0.2) is 31.8 Å². The highest BCUT2D eigenvalue weighted by molar-refractivity contribution is 5.88. The van der Waals surface area contributed by atoms with Crippen LogP contribution in [0.25, 0.3) is 5.57 Å². The fourth-order valence-corrected chi connectivity index (χ4v) is 3.61. The Bertz CT molecular complexity index is 634. The van der Waals surface area contributed by atoms with E-state index in [2.05, 4.69) is 44.7 Å². The molecule has 4 heteroatoms. The Morgan fingerprint density at radius 3 is 2.58 bits per heavy atom. The average Bonchev–Trinajstić information content (AvgIpc) is 2.55. The second-order valence-electron chi connectivity index (χ2n) is 6.92. The quantitative estimate of drug-likeness (QED) is 0.723.